The predicted molar refractivity (Wildman–Crippen MR) is 74.6 cm³/mol. The number of aliphatic hydroxyl groups excluding tert-OH is 2. The lowest BCUT2D eigenvalue weighted by atomic mass is 10.00. The highest BCUT2D eigenvalue weighted by Gasteiger charge is 2.23. The van der Waals surface area contributed by atoms with Crippen molar-refractivity contribution in [1.29, 1.82) is 0 Å². The first kappa shape index (κ1) is 17.1. The van der Waals surface area contributed by atoms with Crippen molar-refractivity contribution >= 4 is 11.9 Å². The van der Waals surface area contributed by atoms with E-state index in [2.05, 4.69) is 0 Å². The second-order valence-corrected chi connectivity index (χ2v) is 4.37. The molecule has 0 saturated carbocycles. The quantitative estimate of drug-likeness (QED) is 0.735. The Hall–Kier alpha value is -1.92. The summed E-state index contributed by atoms with van der Waals surface area (Å²) < 4.78 is 9.57. The third-order valence-electron chi connectivity index (χ3n) is 2.78. The van der Waals surface area contributed by atoms with Crippen molar-refractivity contribution in [2.24, 2.45) is 0 Å². The lowest BCUT2D eigenvalue weighted by Crippen LogP contribution is -2.23. The van der Waals surface area contributed by atoms with Crippen LogP contribution in [0.2, 0.25) is 0 Å². The number of benzene rings is 1. The Balaban J connectivity index is 2.77. The van der Waals surface area contributed by atoms with Gasteiger partial charge in [0.1, 0.15) is 6.10 Å². The van der Waals surface area contributed by atoms with E-state index in [4.69, 9.17) is 9.47 Å². The molecule has 6 nitrogen and oxygen atoms in total. The third-order valence-corrected chi connectivity index (χ3v) is 2.78. The highest BCUT2D eigenvalue weighted by Crippen LogP contribution is 2.20. The summed E-state index contributed by atoms with van der Waals surface area (Å²) in [4.78, 5) is 22.9. The lowest BCUT2D eigenvalue weighted by Gasteiger charge is -2.18. The minimum Gasteiger partial charge on any atom is -0.466 e. The van der Waals surface area contributed by atoms with Crippen LogP contribution < -0.4 is 0 Å². The number of ether oxygens (including phenoxy) is 2. The van der Waals surface area contributed by atoms with Crippen LogP contribution in [0.4, 0.5) is 0 Å². The van der Waals surface area contributed by atoms with Gasteiger partial charge in [0.15, 0.2) is 0 Å². The molecular formula is C15H20O6. The minimum atomic E-state index is -1.30. The molecule has 0 saturated heterocycles. The van der Waals surface area contributed by atoms with Gasteiger partial charge in [-0.3, -0.25) is 4.79 Å². The Morgan fingerprint density at radius 2 is 1.81 bits per heavy atom. The van der Waals surface area contributed by atoms with E-state index in [1.54, 1.807) is 32.0 Å². The molecule has 0 spiro atoms. The van der Waals surface area contributed by atoms with Gasteiger partial charge in [-0.2, -0.15) is 0 Å². The molecule has 1 aromatic carbocycles. The Kier molecular flexibility index (Phi) is 6.84. The van der Waals surface area contributed by atoms with Crippen LogP contribution in [-0.4, -0.2) is 41.5 Å². The maximum Gasteiger partial charge on any atom is 0.338 e. The topological polar surface area (TPSA) is 93.1 Å². The molecule has 6 heteroatoms. The van der Waals surface area contributed by atoms with Crippen LogP contribution in [0.3, 0.4) is 0 Å². The van der Waals surface area contributed by atoms with Crippen molar-refractivity contribution in [1.82, 2.24) is 0 Å². The van der Waals surface area contributed by atoms with Crippen LogP contribution in [-0.2, 0) is 14.3 Å². The van der Waals surface area contributed by atoms with Gasteiger partial charge in [-0.1, -0.05) is 12.1 Å². The molecule has 0 amide bonds. The fourth-order valence-electron chi connectivity index (χ4n) is 1.79. The molecule has 0 heterocycles. The zero-order chi connectivity index (χ0) is 15.8. The van der Waals surface area contributed by atoms with E-state index in [0.717, 1.165) is 0 Å². The molecule has 0 fully saturated rings. The number of aliphatic hydroxyl groups is 2. The summed E-state index contributed by atoms with van der Waals surface area (Å²) in [5.74, 6) is -1.10. The SMILES string of the molecule is CCOC(=O)CC(O)C(O)c1cccc(C(=O)OCC)c1. The van der Waals surface area contributed by atoms with Gasteiger partial charge in [0.25, 0.3) is 0 Å². The van der Waals surface area contributed by atoms with Gasteiger partial charge in [0, 0.05) is 0 Å². The molecule has 21 heavy (non-hydrogen) atoms. The zero-order valence-electron chi connectivity index (χ0n) is 12.1. The van der Waals surface area contributed by atoms with E-state index in [-0.39, 0.29) is 25.2 Å². The fourth-order valence-corrected chi connectivity index (χ4v) is 1.79. The average Bonchev–Trinajstić information content (AvgIpc) is 2.47. The largest absolute Gasteiger partial charge is 0.466 e. The number of hydrogen-bond acceptors (Lipinski definition) is 6. The van der Waals surface area contributed by atoms with Gasteiger partial charge in [0.05, 0.1) is 31.3 Å². The van der Waals surface area contributed by atoms with Gasteiger partial charge in [-0.15, -0.1) is 0 Å². The van der Waals surface area contributed by atoms with Crippen LogP contribution in [0.1, 0.15) is 42.3 Å². The van der Waals surface area contributed by atoms with Crippen molar-refractivity contribution in [2.75, 3.05) is 13.2 Å². The molecule has 116 valence electrons. The standard InChI is InChI=1S/C15H20O6/c1-3-20-13(17)9-12(16)14(18)10-6-5-7-11(8-10)15(19)21-4-2/h5-8,12,14,16,18H,3-4,9H2,1-2H3. The average molecular weight is 296 g/mol. The number of esters is 2. The summed E-state index contributed by atoms with van der Waals surface area (Å²) in [5.41, 5.74) is 0.606. The van der Waals surface area contributed by atoms with Crippen LogP contribution in [0.5, 0.6) is 0 Å². The highest BCUT2D eigenvalue weighted by atomic mass is 16.5. The van der Waals surface area contributed by atoms with E-state index in [1.165, 1.54) is 6.07 Å². The molecular weight excluding hydrogens is 276 g/mol. The molecule has 0 aromatic heterocycles. The van der Waals surface area contributed by atoms with E-state index in [0.29, 0.717) is 5.56 Å². The Morgan fingerprint density at radius 3 is 2.43 bits per heavy atom. The maximum absolute atomic E-state index is 11.6. The van der Waals surface area contributed by atoms with Crippen molar-refractivity contribution in [3.63, 3.8) is 0 Å². The lowest BCUT2D eigenvalue weighted by molar-refractivity contribution is -0.147. The molecule has 0 radical (unpaired) electrons. The molecule has 1 rings (SSSR count). The Morgan fingerprint density at radius 1 is 1.14 bits per heavy atom. The molecule has 2 atom stereocenters. The number of carbonyl (C=O) groups excluding carboxylic acids is 2. The second-order valence-electron chi connectivity index (χ2n) is 4.37. The normalized spacial score (nSPS) is 13.3. The Labute approximate surface area is 123 Å². The van der Waals surface area contributed by atoms with Crippen molar-refractivity contribution in [3.05, 3.63) is 35.4 Å². The summed E-state index contributed by atoms with van der Waals surface area (Å²) in [5, 5.41) is 19.9. The van der Waals surface area contributed by atoms with Gasteiger partial charge < -0.3 is 19.7 Å². The maximum atomic E-state index is 11.6. The number of carbonyl (C=O) groups is 2. The van der Waals surface area contributed by atoms with Crippen molar-refractivity contribution in [2.45, 2.75) is 32.5 Å². The fraction of sp³-hybridized carbons (Fsp3) is 0.467. The second kappa shape index (κ2) is 8.39. The van der Waals surface area contributed by atoms with E-state index < -0.39 is 24.1 Å². The van der Waals surface area contributed by atoms with Gasteiger partial charge in [-0.25, -0.2) is 4.79 Å². The summed E-state index contributed by atoms with van der Waals surface area (Å²) in [6, 6.07) is 6.10. The highest BCUT2D eigenvalue weighted by molar-refractivity contribution is 5.89. The monoisotopic (exact) mass is 296 g/mol. The van der Waals surface area contributed by atoms with Crippen LogP contribution in [0.25, 0.3) is 0 Å². The van der Waals surface area contributed by atoms with Crippen molar-refractivity contribution in [3.8, 4) is 0 Å². The minimum absolute atomic E-state index is 0.208. The van der Waals surface area contributed by atoms with Crippen LogP contribution >= 0.6 is 0 Å². The Bertz CT molecular complexity index is 485. The first-order valence-corrected chi connectivity index (χ1v) is 6.78. The first-order valence-electron chi connectivity index (χ1n) is 6.78. The van der Waals surface area contributed by atoms with Crippen LogP contribution in [0.15, 0.2) is 24.3 Å². The smallest absolute Gasteiger partial charge is 0.338 e. The molecule has 0 bridgehead atoms. The molecule has 0 aliphatic heterocycles. The summed E-state index contributed by atoms with van der Waals surface area (Å²) in [6.07, 6.45) is -2.91. The summed E-state index contributed by atoms with van der Waals surface area (Å²) in [6.45, 7) is 3.81. The van der Waals surface area contributed by atoms with E-state index in [9.17, 15) is 19.8 Å². The first-order chi connectivity index (χ1) is 9.99. The zero-order valence-corrected chi connectivity index (χ0v) is 12.1. The van der Waals surface area contributed by atoms with Gasteiger partial charge in [-0.05, 0) is 31.5 Å². The predicted octanol–water partition coefficient (Wildman–Crippen LogP) is 1.21. The molecule has 2 N–H and O–H groups in total. The number of hydrogen-bond donors (Lipinski definition) is 2. The summed E-state index contributed by atoms with van der Waals surface area (Å²) >= 11 is 0. The van der Waals surface area contributed by atoms with Crippen molar-refractivity contribution < 1.29 is 29.3 Å². The molecule has 2 unspecified atom stereocenters. The van der Waals surface area contributed by atoms with E-state index in [1.807, 2.05) is 0 Å². The third kappa shape index (κ3) is 5.17. The van der Waals surface area contributed by atoms with Crippen LogP contribution in [0, 0.1) is 0 Å². The molecule has 1 aromatic rings. The molecule has 0 aliphatic rings. The number of rotatable bonds is 7. The van der Waals surface area contributed by atoms with Gasteiger partial charge >= 0.3 is 11.9 Å². The summed E-state index contributed by atoms with van der Waals surface area (Å²) in [7, 11) is 0. The van der Waals surface area contributed by atoms with Gasteiger partial charge in [0.2, 0.25) is 0 Å². The molecule has 0 aliphatic carbocycles. The van der Waals surface area contributed by atoms with E-state index >= 15 is 0 Å².